The van der Waals surface area contributed by atoms with Gasteiger partial charge in [-0.05, 0) is 56.1 Å². The van der Waals surface area contributed by atoms with Crippen LogP contribution in [-0.4, -0.2) is 67.9 Å². The first-order valence-corrected chi connectivity index (χ1v) is 11.2. The summed E-state index contributed by atoms with van der Waals surface area (Å²) in [7, 11) is 0. The van der Waals surface area contributed by atoms with Gasteiger partial charge in [0.2, 0.25) is 5.88 Å². The quantitative estimate of drug-likeness (QED) is 0.806. The average molecular weight is 415 g/mol. The second-order valence-electron chi connectivity index (χ2n) is 7.95. The van der Waals surface area contributed by atoms with Gasteiger partial charge in [-0.2, -0.15) is 0 Å². The average Bonchev–Trinajstić information content (AvgIpc) is 3.24. The normalized spacial score (nSPS) is 26.5. The van der Waals surface area contributed by atoms with Crippen LogP contribution in [0.15, 0.2) is 44.8 Å². The minimum Gasteiger partial charge on any atom is -0.378 e. The molecule has 1 atom stereocenters. The summed E-state index contributed by atoms with van der Waals surface area (Å²) in [6.45, 7) is 6.42. The van der Waals surface area contributed by atoms with E-state index in [-0.39, 0.29) is 11.9 Å². The first kappa shape index (κ1) is 19.0. The van der Waals surface area contributed by atoms with Gasteiger partial charge in [0.1, 0.15) is 5.03 Å². The zero-order chi connectivity index (χ0) is 19.6. The number of aromatic nitrogens is 1. The van der Waals surface area contributed by atoms with Crippen molar-refractivity contribution in [3.05, 3.63) is 35.9 Å². The highest BCUT2D eigenvalue weighted by molar-refractivity contribution is 7.99. The van der Waals surface area contributed by atoms with Crippen LogP contribution in [0.1, 0.15) is 23.2 Å². The molecule has 4 aliphatic rings. The molecule has 2 aromatic rings. The Bertz CT molecular complexity index is 842. The molecule has 7 nitrogen and oxygen atoms in total. The molecule has 6 rings (SSSR count). The Kier molecular flexibility index (Phi) is 5.48. The SMILES string of the molecule is O=C(N[C@H]1CN2CCC1CC2)c1ccc(Sc2cc(N3CCOCC3)on2)cc1. The van der Waals surface area contributed by atoms with E-state index in [1.807, 2.05) is 30.3 Å². The van der Waals surface area contributed by atoms with E-state index in [9.17, 15) is 4.79 Å². The molecule has 1 aromatic heterocycles. The van der Waals surface area contributed by atoms with Crippen molar-refractivity contribution in [1.29, 1.82) is 0 Å². The lowest BCUT2D eigenvalue weighted by molar-refractivity contribution is 0.0620. The first-order chi connectivity index (χ1) is 14.2. The van der Waals surface area contributed by atoms with E-state index < -0.39 is 0 Å². The fourth-order valence-electron chi connectivity index (χ4n) is 4.41. The number of anilines is 1. The van der Waals surface area contributed by atoms with E-state index in [1.54, 1.807) is 0 Å². The maximum Gasteiger partial charge on any atom is 0.251 e. The summed E-state index contributed by atoms with van der Waals surface area (Å²) in [5.41, 5.74) is 0.708. The van der Waals surface area contributed by atoms with Crippen molar-refractivity contribution in [2.24, 2.45) is 5.92 Å². The number of carbonyl (C=O) groups is 1. The van der Waals surface area contributed by atoms with Crippen molar-refractivity contribution in [2.45, 2.75) is 28.8 Å². The summed E-state index contributed by atoms with van der Waals surface area (Å²) in [6, 6.07) is 9.97. The highest BCUT2D eigenvalue weighted by atomic mass is 32.2. The predicted octanol–water partition coefficient (Wildman–Crippen LogP) is 2.49. The Morgan fingerprint density at radius 3 is 2.55 bits per heavy atom. The predicted molar refractivity (Wildman–Crippen MR) is 111 cm³/mol. The number of fused-ring (bicyclic) bond motifs is 3. The van der Waals surface area contributed by atoms with Gasteiger partial charge in [0.05, 0.1) is 13.2 Å². The summed E-state index contributed by atoms with van der Waals surface area (Å²) < 4.78 is 10.9. The number of rotatable bonds is 5. The third-order valence-corrected chi connectivity index (χ3v) is 7.02. The number of benzene rings is 1. The lowest BCUT2D eigenvalue weighted by Crippen LogP contribution is -2.57. The van der Waals surface area contributed by atoms with Gasteiger partial charge in [-0.15, -0.1) is 0 Å². The minimum absolute atomic E-state index is 0.0244. The van der Waals surface area contributed by atoms with Gasteiger partial charge in [0.15, 0.2) is 0 Å². The molecule has 4 fully saturated rings. The Morgan fingerprint density at radius 1 is 1.10 bits per heavy atom. The molecule has 1 aromatic carbocycles. The lowest BCUT2D eigenvalue weighted by atomic mass is 9.84. The van der Waals surface area contributed by atoms with Gasteiger partial charge < -0.3 is 24.4 Å². The molecule has 0 unspecified atom stereocenters. The topological polar surface area (TPSA) is 70.8 Å². The highest BCUT2D eigenvalue weighted by Gasteiger charge is 2.34. The number of morpholine rings is 1. The second kappa shape index (κ2) is 8.38. The fourth-order valence-corrected chi connectivity index (χ4v) is 5.15. The third kappa shape index (κ3) is 4.29. The number of hydrogen-bond acceptors (Lipinski definition) is 7. The maximum atomic E-state index is 12.7. The number of ether oxygens (including phenoxy) is 1. The molecule has 2 bridgehead atoms. The zero-order valence-electron chi connectivity index (χ0n) is 16.4. The molecule has 1 N–H and O–H groups in total. The van der Waals surface area contributed by atoms with E-state index >= 15 is 0 Å². The van der Waals surface area contributed by atoms with Crippen molar-refractivity contribution >= 4 is 23.6 Å². The summed E-state index contributed by atoms with van der Waals surface area (Å²) in [5, 5.41) is 8.23. The van der Waals surface area contributed by atoms with Crippen molar-refractivity contribution in [3.63, 3.8) is 0 Å². The summed E-state index contributed by atoms with van der Waals surface area (Å²) in [5.74, 6) is 1.44. The number of nitrogens with one attached hydrogen (secondary N) is 1. The fraction of sp³-hybridized carbons (Fsp3) is 0.524. The summed E-state index contributed by atoms with van der Waals surface area (Å²) in [6.07, 6.45) is 2.40. The van der Waals surface area contributed by atoms with E-state index in [1.165, 1.54) is 37.7 Å². The first-order valence-electron chi connectivity index (χ1n) is 10.4. The Balaban J connectivity index is 1.18. The molecule has 0 radical (unpaired) electrons. The van der Waals surface area contributed by atoms with Crippen LogP contribution in [0.2, 0.25) is 0 Å². The van der Waals surface area contributed by atoms with Crippen LogP contribution < -0.4 is 10.2 Å². The number of nitrogens with zero attached hydrogens (tertiary/aromatic N) is 3. The zero-order valence-corrected chi connectivity index (χ0v) is 17.2. The van der Waals surface area contributed by atoms with Gasteiger partial charge in [-0.1, -0.05) is 16.9 Å². The molecule has 29 heavy (non-hydrogen) atoms. The Hall–Kier alpha value is -2.03. The van der Waals surface area contributed by atoms with Crippen LogP contribution in [0.3, 0.4) is 0 Å². The smallest absolute Gasteiger partial charge is 0.251 e. The van der Waals surface area contributed by atoms with Gasteiger partial charge in [-0.25, -0.2) is 0 Å². The highest BCUT2D eigenvalue weighted by Crippen LogP contribution is 2.31. The van der Waals surface area contributed by atoms with Crippen LogP contribution in [0.5, 0.6) is 0 Å². The van der Waals surface area contributed by atoms with Crippen molar-refractivity contribution in [2.75, 3.05) is 50.8 Å². The van der Waals surface area contributed by atoms with Crippen LogP contribution in [0, 0.1) is 5.92 Å². The molecule has 0 saturated carbocycles. The third-order valence-electron chi connectivity index (χ3n) is 6.11. The van der Waals surface area contributed by atoms with E-state index in [0.717, 1.165) is 35.4 Å². The molecule has 0 spiro atoms. The van der Waals surface area contributed by atoms with Gasteiger partial charge in [-0.3, -0.25) is 4.79 Å². The number of piperidine rings is 3. The van der Waals surface area contributed by atoms with Gasteiger partial charge in [0.25, 0.3) is 5.91 Å². The standard InChI is InChI=1S/C21H26N4O3S/c26-21(22-18-14-24-7-5-15(18)6-8-24)16-1-3-17(4-2-16)29-19-13-20(28-23-19)25-9-11-27-12-10-25/h1-4,13,15,18H,5-12,14H2,(H,22,26)/t18-/m0/s1. The summed E-state index contributed by atoms with van der Waals surface area (Å²) in [4.78, 5) is 18.3. The molecule has 154 valence electrons. The molecule has 1 amide bonds. The van der Waals surface area contributed by atoms with E-state index in [0.29, 0.717) is 24.7 Å². The minimum atomic E-state index is 0.0244. The molecule has 8 heteroatoms. The Morgan fingerprint density at radius 2 is 1.86 bits per heavy atom. The molecule has 5 heterocycles. The van der Waals surface area contributed by atoms with Gasteiger partial charge in [0, 0.05) is 42.2 Å². The van der Waals surface area contributed by atoms with Crippen LogP contribution in [0.4, 0.5) is 5.88 Å². The largest absolute Gasteiger partial charge is 0.378 e. The molecule has 4 saturated heterocycles. The Labute approximate surface area is 174 Å². The van der Waals surface area contributed by atoms with E-state index in [2.05, 4.69) is 20.3 Å². The molecular weight excluding hydrogens is 388 g/mol. The van der Waals surface area contributed by atoms with Crippen molar-refractivity contribution < 1.29 is 14.1 Å². The van der Waals surface area contributed by atoms with Crippen LogP contribution in [-0.2, 0) is 4.74 Å². The van der Waals surface area contributed by atoms with Crippen molar-refractivity contribution in [1.82, 2.24) is 15.4 Å². The monoisotopic (exact) mass is 414 g/mol. The lowest BCUT2D eigenvalue weighted by Gasteiger charge is -2.44. The molecule has 4 aliphatic heterocycles. The second-order valence-corrected chi connectivity index (χ2v) is 9.04. The number of hydrogen-bond donors (Lipinski definition) is 1. The van der Waals surface area contributed by atoms with Crippen molar-refractivity contribution in [3.8, 4) is 0 Å². The van der Waals surface area contributed by atoms with Gasteiger partial charge >= 0.3 is 0 Å². The van der Waals surface area contributed by atoms with Crippen LogP contribution >= 0.6 is 11.8 Å². The number of amides is 1. The molecular formula is C21H26N4O3S. The maximum absolute atomic E-state index is 12.7. The van der Waals surface area contributed by atoms with Crippen LogP contribution in [0.25, 0.3) is 0 Å². The molecule has 0 aliphatic carbocycles. The number of carbonyl (C=O) groups excluding carboxylic acids is 1. The van der Waals surface area contributed by atoms with E-state index in [4.69, 9.17) is 9.26 Å². The summed E-state index contributed by atoms with van der Waals surface area (Å²) >= 11 is 1.54.